The molecule has 2 rings (SSSR count). The molecule has 1 aliphatic heterocycles. The number of carbonyl (C=O) groups is 1. The molecule has 4 nitrogen and oxygen atoms in total. The van der Waals surface area contributed by atoms with E-state index in [2.05, 4.69) is 40.4 Å². The first kappa shape index (κ1) is 16.5. The van der Waals surface area contributed by atoms with E-state index in [1.54, 1.807) is 7.11 Å². The van der Waals surface area contributed by atoms with Crippen LogP contribution in [0.4, 0.5) is 5.69 Å². The zero-order chi connectivity index (χ0) is 15.5. The summed E-state index contributed by atoms with van der Waals surface area (Å²) in [6, 6.07) is 5.61. The Morgan fingerprint density at radius 3 is 2.95 bits per heavy atom. The minimum Gasteiger partial charge on any atom is -0.380 e. The molecule has 0 spiro atoms. The van der Waals surface area contributed by atoms with Gasteiger partial charge >= 0.3 is 0 Å². The molecule has 0 saturated carbocycles. The summed E-state index contributed by atoms with van der Waals surface area (Å²) in [5, 5.41) is 6.39. The molecular formula is C16H23BrN2O2. The van der Waals surface area contributed by atoms with E-state index in [0.29, 0.717) is 6.61 Å². The molecule has 1 fully saturated rings. The number of hydrogen-bond acceptors (Lipinski definition) is 3. The van der Waals surface area contributed by atoms with E-state index in [1.165, 1.54) is 0 Å². The third-order valence-electron chi connectivity index (χ3n) is 4.06. The van der Waals surface area contributed by atoms with Crippen molar-refractivity contribution in [1.29, 1.82) is 0 Å². The van der Waals surface area contributed by atoms with E-state index in [1.807, 2.05) is 18.2 Å². The van der Waals surface area contributed by atoms with Crippen LogP contribution in [0, 0.1) is 5.41 Å². The second-order valence-electron chi connectivity index (χ2n) is 6.17. The van der Waals surface area contributed by atoms with Crippen molar-refractivity contribution in [3.63, 3.8) is 0 Å². The van der Waals surface area contributed by atoms with Gasteiger partial charge in [-0.1, -0.05) is 35.8 Å². The van der Waals surface area contributed by atoms with Crippen LogP contribution in [0.5, 0.6) is 0 Å². The number of piperidine rings is 1. The first-order valence-electron chi connectivity index (χ1n) is 7.26. The molecule has 0 aromatic heterocycles. The molecule has 0 radical (unpaired) electrons. The van der Waals surface area contributed by atoms with Crippen LogP contribution in [0.1, 0.15) is 32.3 Å². The monoisotopic (exact) mass is 354 g/mol. The largest absolute Gasteiger partial charge is 0.380 e. The Kier molecular flexibility index (Phi) is 5.41. The highest BCUT2D eigenvalue weighted by Gasteiger charge is 2.37. The Morgan fingerprint density at radius 1 is 1.52 bits per heavy atom. The lowest BCUT2D eigenvalue weighted by atomic mass is 9.77. The van der Waals surface area contributed by atoms with Crippen LogP contribution in [-0.4, -0.2) is 25.6 Å². The van der Waals surface area contributed by atoms with Gasteiger partial charge in [0.05, 0.1) is 12.6 Å². The number of methoxy groups -OCH3 is 1. The molecule has 1 aliphatic rings. The average Bonchev–Trinajstić information content (AvgIpc) is 2.42. The second kappa shape index (κ2) is 6.90. The lowest BCUT2D eigenvalue weighted by Crippen LogP contribution is -2.53. The summed E-state index contributed by atoms with van der Waals surface area (Å²) < 4.78 is 6.16. The van der Waals surface area contributed by atoms with Crippen LogP contribution in [0.15, 0.2) is 22.7 Å². The van der Waals surface area contributed by atoms with Crippen molar-refractivity contribution in [2.24, 2.45) is 5.41 Å². The fraction of sp³-hybridized carbons (Fsp3) is 0.562. The quantitative estimate of drug-likeness (QED) is 0.871. The predicted molar refractivity (Wildman–Crippen MR) is 88.3 cm³/mol. The lowest BCUT2D eigenvalue weighted by Gasteiger charge is -2.38. The highest BCUT2D eigenvalue weighted by atomic mass is 79.9. The maximum atomic E-state index is 12.6. The van der Waals surface area contributed by atoms with E-state index < -0.39 is 0 Å². The molecule has 0 aliphatic carbocycles. The van der Waals surface area contributed by atoms with Crippen LogP contribution in [0.3, 0.4) is 0 Å². The summed E-state index contributed by atoms with van der Waals surface area (Å²) in [6.07, 6.45) is 2.17. The molecule has 1 atom stereocenters. The van der Waals surface area contributed by atoms with E-state index in [0.717, 1.165) is 35.1 Å². The minimum absolute atomic E-state index is 0.0233. The SMILES string of the molecule is COCc1c(Br)cccc1NC(=O)C1NCCCC1(C)C. The highest BCUT2D eigenvalue weighted by molar-refractivity contribution is 9.10. The molecule has 21 heavy (non-hydrogen) atoms. The van der Waals surface area contributed by atoms with E-state index in [4.69, 9.17) is 4.74 Å². The molecule has 1 aromatic carbocycles. The van der Waals surface area contributed by atoms with Gasteiger partial charge in [0, 0.05) is 22.8 Å². The molecule has 1 heterocycles. The van der Waals surface area contributed by atoms with Gasteiger partial charge in [-0.05, 0) is 36.9 Å². The van der Waals surface area contributed by atoms with Crippen molar-refractivity contribution in [3.05, 3.63) is 28.2 Å². The number of hydrogen-bond donors (Lipinski definition) is 2. The summed E-state index contributed by atoms with van der Waals surface area (Å²) >= 11 is 3.51. The molecule has 0 bridgehead atoms. The molecular weight excluding hydrogens is 332 g/mol. The number of ether oxygens (including phenoxy) is 1. The van der Waals surface area contributed by atoms with Crippen molar-refractivity contribution >= 4 is 27.5 Å². The third kappa shape index (κ3) is 3.84. The Hall–Kier alpha value is -0.910. The predicted octanol–water partition coefficient (Wildman–Crippen LogP) is 3.31. The summed E-state index contributed by atoms with van der Waals surface area (Å²) in [4.78, 5) is 12.6. The Labute approximate surface area is 134 Å². The maximum Gasteiger partial charge on any atom is 0.242 e. The zero-order valence-electron chi connectivity index (χ0n) is 12.8. The Balaban J connectivity index is 2.18. The van der Waals surface area contributed by atoms with Gasteiger partial charge in [0.25, 0.3) is 0 Å². The molecule has 2 N–H and O–H groups in total. The summed E-state index contributed by atoms with van der Waals surface area (Å²) in [5.41, 5.74) is 1.73. The van der Waals surface area contributed by atoms with Gasteiger partial charge in [-0.3, -0.25) is 4.79 Å². The van der Waals surface area contributed by atoms with E-state index >= 15 is 0 Å². The third-order valence-corrected chi connectivity index (χ3v) is 4.80. The highest BCUT2D eigenvalue weighted by Crippen LogP contribution is 2.32. The fourth-order valence-electron chi connectivity index (χ4n) is 2.83. The van der Waals surface area contributed by atoms with Gasteiger partial charge in [0.2, 0.25) is 5.91 Å². The van der Waals surface area contributed by atoms with Crippen molar-refractivity contribution in [3.8, 4) is 0 Å². The topological polar surface area (TPSA) is 50.4 Å². The first-order chi connectivity index (χ1) is 9.95. The van der Waals surface area contributed by atoms with Gasteiger partial charge in [0.1, 0.15) is 0 Å². The van der Waals surface area contributed by atoms with Crippen molar-refractivity contribution < 1.29 is 9.53 Å². The van der Waals surface area contributed by atoms with Crippen LogP contribution in [-0.2, 0) is 16.1 Å². The fourth-order valence-corrected chi connectivity index (χ4v) is 3.31. The number of benzene rings is 1. The van der Waals surface area contributed by atoms with Crippen molar-refractivity contribution in [2.75, 3.05) is 19.0 Å². The molecule has 1 aromatic rings. The zero-order valence-corrected chi connectivity index (χ0v) is 14.4. The average molecular weight is 355 g/mol. The lowest BCUT2D eigenvalue weighted by molar-refractivity contribution is -0.121. The summed E-state index contributed by atoms with van der Waals surface area (Å²) in [5.74, 6) is 0.0233. The van der Waals surface area contributed by atoms with Crippen LogP contribution in [0.25, 0.3) is 0 Å². The maximum absolute atomic E-state index is 12.6. The molecule has 1 unspecified atom stereocenters. The second-order valence-corrected chi connectivity index (χ2v) is 7.02. The Morgan fingerprint density at radius 2 is 2.29 bits per heavy atom. The normalized spacial score (nSPS) is 21.0. The van der Waals surface area contributed by atoms with Gasteiger partial charge in [-0.15, -0.1) is 0 Å². The Bertz CT molecular complexity index is 517. The number of nitrogens with one attached hydrogen (secondary N) is 2. The van der Waals surface area contributed by atoms with Gasteiger partial charge in [-0.25, -0.2) is 0 Å². The number of halogens is 1. The van der Waals surface area contributed by atoms with E-state index in [9.17, 15) is 4.79 Å². The van der Waals surface area contributed by atoms with Crippen LogP contribution >= 0.6 is 15.9 Å². The molecule has 1 amide bonds. The van der Waals surface area contributed by atoms with Gasteiger partial charge in [-0.2, -0.15) is 0 Å². The smallest absolute Gasteiger partial charge is 0.242 e. The standard InChI is InChI=1S/C16H23BrN2O2/c1-16(2)8-5-9-18-14(16)15(20)19-13-7-4-6-12(17)11(13)10-21-3/h4,6-7,14,18H,5,8-10H2,1-3H3,(H,19,20). The number of anilines is 1. The number of amides is 1. The van der Waals surface area contributed by atoms with Crippen LogP contribution in [0.2, 0.25) is 0 Å². The van der Waals surface area contributed by atoms with Crippen molar-refractivity contribution in [2.45, 2.75) is 39.3 Å². The van der Waals surface area contributed by atoms with E-state index in [-0.39, 0.29) is 17.4 Å². The van der Waals surface area contributed by atoms with Crippen molar-refractivity contribution in [1.82, 2.24) is 5.32 Å². The molecule has 1 saturated heterocycles. The summed E-state index contributed by atoms with van der Waals surface area (Å²) in [7, 11) is 1.65. The van der Waals surface area contributed by atoms with Gasteiger partial charge in [0.15, 0.2) is 0 Å². The molecule has 116 valence electrons. The van der Waals surface area contributed by atoms with Crippen LogP contribution < -0.4 is 10.6 Å². The minimum atomic E-state index is -0.166. The number of carbonyl (C=O) groups excluding carboxylic acids is 1. The van der Waals surface area contributed by atoms with Gasteiger partial charge < -0.3 is 15.4 Å². The molecule has 5 heteroatoms. The first-order valence-corrected chi connectivity index (χ1v) is 8.05. The number of rotatable bonds is 4. The summed E-state index contributed by atoms with van der Waals surface area (Å²) in [6.45, 7) is 5.63.